The van der Waals surface area contributed by atoms with Gasteiger partial charge in [-0.2, -0.15) is 0 Å². The van der Waals surface area contributed by atoms with E-state index in [2.05, 4.69) is 48.5 Å². The predicted octanol–water partition coefficient (Wildman–Crippen LogP) is 3.18. The van der Waals surface area contributed by atoms with Gasteiger partial charge in [-0.05, 0) is 23.1 Å². The molecule has 98 valence electrons. The number of ether oxygens (including phenoxy) is 1. The molecule has 3 rings (SSSR count). The maximum atomic E-state index is 6.18. The number of benzene rings is 2. The van der Waals surface area contributed by atoms with E-state index in [4.69, 9.17) is 10.5 Å². The van der Waals surface area contributed by atoms with E-state index in [-0.39, 0.29) is 6.04 Å². The zero-order chi connectivity index (χ0) is 13.1. The van der Waals surface area contributed by atoms with Gasteiger partial charge in [0.1, 0.15) is 0 Å². The first-order chi connectivity index (χ1) is 9.34. The molecule has 0 aliphatic carbocycles. The Morgan fingerprint density at radius 2 is 1.58 bits per heavy atom. The maximum absolute atomic E-state index is 6.18. The van der Waals surface area contributed by atoms with E-state index in [9.17, 15) is 0 Å². The normalized spacial score (nSPS) is 23.2. The van der Waals surface area contributed by atoms with Gasteiger partial charge in [0.15, 0.2) is 0 Å². The quantitative estimate of drug-likeness (QED) is 0.892. The third-order valence-corrected chi connectivity index (χ3v) is 3.86. The highest BCUT2D eigenvalue weighted by Crippen LogP contribution is 2.27. The molecule has 0 aromatic heterocycles. The van der Waals surface area contributed by atoms with Crippen molar-refractivity contribution >= 4 is 0 Å². The van der Waals surface area contributed by atoms with Crippen LogP contribution in [0.4, 0.5) is 0 Å². The minimum absolute atomic E-state index is 0.219. The number of hydrogen-bond donors (Lipinski definition) is 1. The summed E-state index contributed by atoms with van der Waals surface area (Å²) in [7, 11) is 0. The largest absolute Gasteiger partial charge is 0.381 e. The molecule has 1 fully saturated rings. The molecule has 1 saturated heterocycles. The van der Waals surface area contributed by atoms with Crippen molar-refractivity contribution in [3.8, 4) is 11.1 Å². The van der Waals surface area contributed by atoms with E-state index < -0.39 is 0 Å². The maximum Gasteiger partial charge on any atom is 0.0549 e. The van der Waals surface area contributed by atoms with Crippen LogP contribution in [0.15, 0.2) is 54.6 Å². The van der Waals surface area contributed by atoms with Crippen molar-refractivity contribution in [1.82, 2.24) is 0 Å². The minimum Gasteiger partial charge on any atom is -0.381 e. The lowest BCUT2D eigenvalue weighted by atomic mass is 9.88. The Balaban J connectivity index is 1.83. The van der Waals surface area contributed by atoms with Crippen LogP contribution in [0.25, 0.3) is 11.1 Å². The topological polar surface area (TPSA) is 35.2 Å². The fraction of sp³-hybridized carbons (Fsp3) is 0.294. The Kier molecular flexibility index (Phi) is 3.62. The highest BCUT2D eigenvalue weighted by molar-refractivity contribution is 5.63. The Hall–Kier alpha value is -1.64. The molecule has 1 aliphatic heterocycles. The molecule has 0 spiro atoms. The fourth-order valence-corrected chi connectivity index (χ4v) is 2.65. The van der Waals surface area contributed by atoms with Gasteiger partial charge in [0.25, 0.3) is 0 Å². The second kappa shape index (κ2) is 5.55. The first-order valence-electron chi connectivity index (χ1n) is 6.83. The molecule has 1 aliphatic rings. The molecule has 1 heterocycles. The van der Waals surface area contributed by atoms with Crippen LogP contribution in [0.5, 0.6) is 0 Å². The van der Waals surface area contributed by atoms with Crippen LogP contribution in [-0.2, 0) is 4.74 Å². The summed E-state index contributed by atoms with van der Waals surface area (Å²) in [5.41, 5.74) is 9.96. The molecule has 0 amide bonds. The van der Waals surface area contributed by atoms with Crippen molar-refractivity contribution < 1.29 is 4.74 Å². The Morgan fingerprint density at radius 3 is 2.26 bits per heavy atom. The molecule has 2 atom stereocenters. The molecule has 0 radical (unpaired) electrons. The minimum atomic E-state index is 0.219. The summed E-state index contributed by atoms with van der Waals surface area (Å²) in [5, 5.41) is 0. The summed E-state index contributed by atoms with van der Waals surface area (Å²) < 4.78 is 5.54. The zero-order valence-electron chi connectivity index (χ0n) is 11.0. The first-order valence-corrected chi connectivity index (χ1v) is 6.83. The van der Waals surface area contributed by atoms with Gasteiger partial charge in [-0.3, -0.25) is 0 Å². The van der Waals surface area contributed by atoms with E-state index in [1.54, 1.807) is 0 Å². The molecule has 0 unspecified atom stereocenters. The monoisotopic (exact) mass is 253 g/mol. The van der Waals surface area contributed by atoms with Crippen molar-refractivity contribution in [2.45, 2.75) is 18.4 Å². The summed E-state index contributed by atoms with van der Waals surface area (Å²) in [6.07, 6.45) is 0.950. The summed E-state index contributed by atoms with van der Waals surface area (Å²) in [5.74, 6) is 0.332. The summed E-state index contributed by atoms with van der Waals surface area (Å²) >= 11 is 0. The highest BCUT2D eigenvalue weighted by Gasteiger charge is 2.23. The van der Waals surface area contributed by atoms with Crippen LogP contribution in [0.1, 0.15) is 17.9 Å². The van der Waals surface area contributed by atoms with Gasteiger partial charge in [-0.25, -0.2) is 0 Å². The van der Waals surface area contributed by atoms with Gasteiger partial charge < -0.3 is 10.5 Å². The van der Waals surface area contributed by atoms with Crippen molar-refractivity contribution in [1.29, 1.82) is 0 Å². The SMILES string of the molecule is N[C@@H]1CCOC[C@H]1c1ccc(-c2ccccc2)cc1. The average Bonchev–Trinajstić information content (AvgIpc) is 2.49. The van der Waals surface area contributed by atoms with Crippen LogP contribution < -0.4 is 5.73 Å². The molecular formula is C17H19NO. The van der Waals surface area contributed by atoms with Gasteiger partial charge in [-0.1, -0.05) is 54.6 Å². The Bertz CT molecular complexity index is 521. The first kappa shape index (κ1) is 12.4. The molecule has 2 aromatic rings. The molecule has 19 heavy (non-hydrogen) atoms. The summed E-state index contributed by atoms with van der Waals surface area (Å²) in [6.45, 7) is 1.53. The second-order valence-corrected chi connectivity index (χ2v) is 5.12. The van der Waals surface area contributed by atoms with Crippen molar-refractivity contribution in [2.24, 2.45) is 5.73 Å². The lowest BCUT2D eigenvalue weighted by Gasteiger charge is -2.29. The smallest absolute Gasteiger partial charge is 0.0549 e. The van der Waals surface area contributed by atoms with Gasteiger partial charge in [-0.15, -0.1) is 0 Å². The third-order valence-electron chi connectivity index (χ3n) is 3.86. The van der Waals surface area contributed by atoms with Gasteiger partial charge >= 0.3 is 0 Å². The molecule has 2 aromatic carbocycles. The van der Waals surface area contributed by atoms with Crippen molar-refractivity contribution in [3.63, 3.8) is 0 Å². The Labute approximate surface area is 114 Å². The highest BCUT2D eigenvalue weighted by atomic mass is 16.5. The number of nitrogens with two attached hydrogens (primary N) is 1. The molecule has 2 N–H and O–H groups in total. The average molecular weight is 253 g/mol. The van der Waals surface area contributed by atoms with E-state index in [0.29, 0.717) is 5.92 Å². The van der Waals surface area contributed by atoms with Crippen LogP contribution in [0.3, 0.4) is 0 Å². The third kappa shape index (κ3) is 2.70. The van der Waals surface area contributed by atoms with Crippen LogP contribution in [-0.4, -0.2) is 19.3 Å². The molecule has 2 heteroatoms. The zero-order valence-corrected chi connectivity index (χ0v) is 11.0. The molecule has 0 saturated carbocycles. The lowest BCUT2D eigenvalue weighted by Crippen LogP contribution is -2.36. The summed E-state index contributed by atoms with van der Waals surface area (Å²) in [6, 6.07) is 19.4. The van der Waals surface area contributed by atoms with Gasteiger partial charge in [0.2, 0.25) is 0 Å². The van der Waals surface area contributed by atoms with Crippen molar-refractivity contribution in [2.75, 3.05) is 13.2 Å². The molecular weight excluding hydrogens is 234 g/mol. The predicted molar refractivity (Wildman–Crippen MR) is 78.0 cm³/mol. The number of rotatable bonds is 2. The summed E-state index contributed by atoms with van der Waals surface area (Å²) in [4.78, 5) is 0. The van der Waals surface area contributed by atoms with Crippen LogP contribution in [0.2, 0.25) is 0 Å². The Morgan fingerprint density at radius 1 is 0.895 bits per heavy atom. The van der Waals surface area contributed by atoms with Gasteiger partial charge in [0, 0.05) is 18.6 Å². The van der Waals surface area contributed by atoms with E-state index in [0.717, 1.165) is 19.6 Å². The second-order valence-electron chi connectivity index (χ2n) is 5.12. The van der Waals surface area contributed by atoms with Crippen LogP contribution in [0, 0.1) is 0 Å². The van der Waals surface area contributed by atoms with Crippen molar-refractivity contribution in [3.05, 3.63) is 60.2 Å². The van der Waals surface area contributed by atoms with Crippen LogP contribution >= 0.6 is 0 Å². The fourth-order valence-electron chi connectivity index (χ4n) is 2.65. The van der Waals surface area contributed by atoms with E-state index in [1.807, 2.05) is 6.07 Å². The lowest BCUT2D eigenvalue weighted by molar-refractivity contribution is 0.0691. The van der Waals surface area contributed by atoms with E-state index in [1.165, 1.54) is 16.7 Å². The molecule has 2 nitrogen and oxygen atoms in total. The van der Waals surface area contributed by atoms with Gasteiger partial charge in [0.05, 0.1) is 6.61 Å². The molecule has 0 bridgehead atoms. The standard InChI is InChI=1S/C17H19NO/c18-17-10-11-19-12-16(17)15-8-6-14(7-9-15)13-4-2-1-3-5-13/h1-9,16-17H,10-12,18H2/t16-,17+/m0/s1. The van der Waals surface area contributed by atoms with E-state index >= 15 is 0 Å². The number of hydrogen-bond acceptors (Lipinski definition) is 2.